The number of carbonyl (C=O) groups excluding carboxylic acids is 1. The first-order chi connectivity index (χ1) is 11.7. The fraction of sp³-hybridized carbons (Fsp3) is 0.176. The van der Waals surface area contributed by atoms with Crippen molar-refractivity contribution in [1.82, 2.24) is 4.98 Å². The molecular weight excluding hydrogens is 331 g/mol. The standard InChI is InChI=1S/C17H15FN2O3S/c1-22-7-8-23-16-6-5-11(10-19-16)20-17(21)15-9-12-13(18)3-2-4-14(12)24-15/h2-6,9-10H,7-8H2,1H3,(H,20,21). The number of rotatable bonds is 6. The molecule has 2 aromatic heterocycles. The van der Waals surface area contributed by atoms with Crippen molar-refractivity contribution in [2.24, 2.45) is 0 Å². The van der Waals surface area contributed by atoms with Crippen LogP contribution in [-0.2, 0) is 4.74 Å². The number of halogens is 1. The Hall–Kier alpha value is -2.51. The number of aromatic nitrogens is 1. The Balaban J connectivity index is 1.68. The largest absolute Gasteiger partial charge is 0.475 e. The van der Waals surface area contributed by atoms with Crippen LogP contribution in [0, 0.1) is 5.82 Å². The maximum Gasteiger partial charge on any atom is 0.265 e. The molecule has 2 heterocycles. The van der Waals surface area contributed by atoms with Gasteiger partial charge in [-0.3, -0.25) is 4.79 Å². The van der Waals surface area contributed by atoms with Crippen molar-refractivity contribution in [2.75, 3.05) is 25.6 Å². The van der Waals surface area contributed by atoms with E-state index in [1.807, 2.05) is 0 Å². The van der Waals surface area contributed by atoms with E-state index in [0.29, 0.717) is 35.0 Å². The van der Waals surface area contributed by atoms with Gasteiger partial charge in [0.2, 0.25) is 5.88 Å². The Morgan fingerprint density at radius 3 is 2.88 bits per heavy atom. The Bertz CT molecular complexity index is 849. The molecule has 3 aromatic rings. The smallest absolute Gasteiger partial charge is 0.265 e. The number of fused-ring (bicyclic) bond motifs is 1. The number of carbonyl (C=O) groups is 1. The highest BCUT2D eigenvalue weighted by Crippen LogP contribution is 2.28. The SMILES string of the molecule is COCCOc1ccc(NC(=O)c2cc3c(F)cccc3s2)cn1. The van der Waals surface area contributed by atoms with E-state index in [4.69, 9.17) is 9.47 Å². The number of hydrogen-bond acceptors (Lipinski definition) is 5. The summed E-state index contributed by atoms with van der Waals surface area (Å²) in [5.41, 5.74) is 0.539. The van der Waals surface area contributed by atoms with Crippen LogP contribution < -0.4 is 10.1 Å². The molecule has 0 saturated heterocycles. The average Bonchev–Trinajstić information content (AvgIpc) is 3.03. The van der Waals surface area contributed by atoms with Crippen LogP contribution in [0.3, 0.4) is 0 Å². The molecule has 1 amide bonds. The second kappa shape index (κ2) is 7.37. The second-order valence-corrected chi connectivity index (χ2v) is 6.03. The molecule has 0 fully saturated rings. The number of anilines is 1. The Morgan fingerprint density at radius 2 is 2.17 bits per heavy atom. The molecule has 0 spiro atoms. The van der Waals surface area contributed by atoms with Gasteiger partial charge in [0, 0.05) is 23.3 Å². The highest BCUT2D eigenvalue weighted by Gasteiger charge is 2.13. The molecule has 124 valence electrons. The summed E-state index contributed by atoms with van der Waals surface area (Å²) in [4.78, 5) is 16.8. The zero-order chi connectivity index (χ0) is 16.9. The summed E-state index contributed by atoms with van der Waals surface area (Å²) in [5, 5.41) is 3.19. The van der Waals surface area contributed by atoms with Crippen LogP contribution in [-0.4, -0.2) is 31.2 Å². The van der Waals surface area contributed by atoms with Gasteiger partial charge in [0.15, 0.2) is 0 Å². The van der Waals surface area contributed by atoms with Gasteiger partial charge in [-0.25, -0.2) is 9.37 Å². The molecule has 24 heavy (non-hydrogen) atoms. The van der Waals surface area contributed by atoms with Crippen LogP contribution in [0.4, 0.5) is 10.1 Å². The van der Waals surface area contributed by atoms with Crippen molar-refractivity contribution in [3.05, 3.63) is 53.3 Å². The highest BCUT2D eigenvalue weighted by atomic mass is 32.1. The van der Waals surface area contributed by atoms with Crippen molar-refractivity contribution >= 4 is 33.0 Å². The molecule has 0 aliphatic carbocycles. The normalized spacial score (nSPS) is 10.8. The first-order valence-electron chi connectivity index (χ1n) is 7.24. The van der Waals surface area contributed by atoms with Crippen LogP contribution in [0.25, 0.3) is 10.1 Å². The lowest BCUT2D eigenvalue weighted by Gasteiger charge is -2.06. The van der Waals surface area contributed by atoms with E-state index in [-0.39, 0.29) is 11.7 Å². The molecule has 1 aromatic carbocycles. The Labute approximate surface area is 142 Å². The minimum absolute atomic E-state index is 0.301. The lowest BCUT2D eigenvalue weighted by molar-refractivity contribution is 0.103. The summed E-state index contributed by atoms with van der Waals surface area (Å²) in [7, 11) is 1.59. The van der Waals surface area contributed by atoms with Gasteiger partial charge in [0.25, 0.3) is 5.91 Å². The molecule has 0 atom stereocenters. The van der Waals surface area contributed by atoms with Gasteiger partial charge in [-0.15, -0.1) is 11.3 Å². The maximum atomic E-state index is 13.7. The van der Waals surface area contributed by atoms with Gasteiger partial charge in [-0.2, -0.15) is 0 Å². The number of pyridine rings is 1. The fourth-order valence-electron chi connectivity index (χ4n) is 2.10. The Morgan fingerprint density at radius 1 is 1.29 bits per heavy atom. The van der Waals surface area contributed by atoms with Crippen molar-refractivity contribution in [1.29, 1.82) is 0 Å². The van der Waals surface area contributed by atoms with Crippen LogP contribution in [0.1, 0.15) is 9.67 Å². The first-order valence-corrected chi connectivity index (χ1v) is 8.06. The van der Waals surface area contributed by atoms with Crippen molar-refractivity contribution in [3.8, 4) is 5.88 Å². The molecule has 7 heteroatoms. The van der Waals surface area contributed by atoms with E-state index >= 15 is 0 Å². The van der Waals surface area contributed by atoms with E-state index in [1.165, 1.54) is 23.6 Å². The average molecular weight is 346 g/mol. The van der Waals surface area contributed by atoms with Gasteiger partial charge in [-0.05, 0) is 24.3 Å². The molecular formula is C17H15FN2O3S. The molecule has 0 radical (unpaired) electrons. The number of methoxy groups -OCH3 is 1. The first kappa shape index (κ1) is 16.4. The number of hydrogen-bond donors (Lipinski definition) is 1. The van der Waals surface area contributed by atoms with E-state index in [1.54, 1.807) is 37.4 Å². The zero-order valence-electron chi connectivity index (χ0n) is 12.9. The zero-order valence-corrected chi connectivity index (χ0v) is 13.7. The van der Waals surface area contributed by atoms with Crippen molar-refractivity contribution < 1.29 is 18.7 Å². The van der Waals surface area contributed by atoms with Crippen molar-refractivity contribution in [3.63, 3.8) is 0 Å². The van der Waals surface area contributed by atoms with Crippen LogP contribution in [0.5, 0.6) is 5.88 Å². The van der Waals surface area contributed by atoms with Crippen LogP contribution >= 0.6 is 11.3 Å². The monoisotopic (exact) mass is 346 g/mol. The molecule has 0 aliphatic rings. The molecule has 3 rings (SSSR count). The molecule has 1 N–H and O–H groups in total. The summed E-state index contributed by atoms with van der Waals surface area (Å²) in [6.45, 7) is 0.880. The van der Waals surface area contributed by atoms with E-state index in [9.17, 15) is 9.18 Å². The number of benzene rings is 1. The van der Waals surface area contributed by atoms with Gasteiger partial charge < -0.3 is 14.8 Å². The van der Waals surface area contributed by atoms with Gasteiger partial charge in [-0.1, -0.05) is 6.07 Å². The lowest BCUT2D eigenvalue weighted by Crippen LogP contribution is -2.10. The molecule has 0 aliphatic heterocycles. The summed E-state index contributed by atoms with van der Waals surface area (Å²) in [5.74, 6) is -0.179. The quantitative estimate of drug-likeness (QED) is 0.691. The number of thiophene rings is 1. The third kappa shape index (κ3) is 3.69. The van der Waals surface area contributed by atoms with E-state index in [2.05, 4.69) is 10.3 Å². The van der Waals surface area contributed by atoms with E-state index in [0.717, 1.165) is 4.70 Å². The predicted molar refractivity (Wildman–Crippen MR) is 91.3 cm³/mol. The predicted octanol–water partition coefficient (Wildman–Crippen LogP) is 3.71. The summed E-state index contributed by atoms with van der Waals surface area (Å²) in [6.07, 6.45) is 1.51. The summed E-state index contributed by atoms with van der Waals surface area (Å²) in [6, 6.07) is 9.70. The van der Waals surface area contributed by atoms with Crippen LogP contribution in [0.15, 0.2) is 42.6 Å². The van der Waals surface area contributed by atoms with Crippen molar-refractivity contribution in [2.45, 2.75) is 0 Å². The maximum absolute atomic E-state index is 13.7. The Kier molecular flexibility index (Phi) is 5.02. The van der Waals surface area contributed by atoms with Gasteiger partial charge in [0.05, 0.1) is 23.4 Å². The topological polar surface area (TPSA) is 60.5 Å². The number of nitrogens with one attached hydrogen (secondary N) is 1. The van der Waals surface area contributed by atoms with Gasteiger partial charge in [0.1, 0.15) is 12.4 Å². The summed E-state index contributed by atoms with van der Waals surface area (Å²) >= 11 is 1.24. The highest BCUT2D eigenvalue weighted by molar-refractivity contribution is 7.20. The second-order valence-electron chi connectivity index (χ2n) is 4.94. The lowest BCUT2D eigenvalue weighted by atomic mass is 10.2. The number of nitrogens with zero attached hydrogens (tertiary/aromatic N) is 1. The molecule has 5 nitrogen and oxygen atoms in total. The minimum atomic E-state index is -0.331. The van der Waals surface area contributed by atoms with E-state index < -0.39 is 0 Å². The summed E-state index contributed by atoms with van der Waals surface area (Å²) < 4.78 is 24.7. The van der Waals surface area contributed by atoms with Gasteiger partial charge >= 0.3 is 0 Å². The minimum Gasteiger partial charge on any atom is -0.475 e. The molecule has 0 bridgehead atoms. The fourth-order valence-corrected chi connectivity index (χ4v) is 3.07. The third-order valence-electron chi connectivity index (χ3n) is 3.26. The number of amides is 1. The third-order valence-corrected chi connectivity index (χ3v) is 4.36. The number of ether oxygens (including phenoxy) is 2. The van der Waals surface area contributed by atoms with Crippen LogP contribution in [0.2, 0.25) is 0 Å². The molecule has 0 saturated carbocycles. The molecule has 0 unspecified atom stereocenters.